The first-order valence-corrected chi connectivity index (χ1v) is 10.1. The van der Waals surface area contributed by atoms with Gasteiger partial charge in [0.25, 0.3) is 0 Å². The summed E-state index contributed by atoms with van der Waals surface area (Å²) >= 11 is 0. The quantitative estimate of drug-likeness (QED) is 0.512. The lowest BCUT2D eigenvalue weighted by Gasteiger charge is -2.27. The minimum Gasteiger partial charge on any atom is -0.508 e. The Hall–Kier alpha value is -3.70. The SMILES string of the molecule is CN1CCC(c2ccc(-c3c(C#N)c(-c4ccc(O)cc4F)nc4[nH]ncc34)o2)CC1. The van der Waals surface area contributed by atoms with Crippen LogP contribution in [0.5, 0.6) is 5.75 Å². The van der Waals surface area contributed by atoms with E-state index in [4.69, 9.17) is 4.42 Å². The van der Waals surface area contributed by atoms with E-state index < -0.39 is 5.82 Å². The molecule has 1 saturated heterocycles. The zero-order chi connectivity index (χ0) is 21.5. The van der Waals surface area contributed by atoms with Crippen molar-refractivity contribution >= 4 is 11.0 Å². The number of phenols is 1. The molecule has 4 aromatic rings. The number of aromatic hydroxyl groups is 1. The number of likely N-dealkylation sites (tertiary alicyclic amines) is 1. The molecule has 4 heterocycles. The van der Waals surface area contributed by atoms with Crippen LogP contribution in [0.25, 0.3) is 33.6 Å². The molecule has 5 rings (SSSR count). The van der Waals surface area contributed by atoms with Gasteiger partial charge in [-0.2, -0.15) is 10.4 Å². The van der Waals surface area contributed by atoms with Crippen molar-refractivity contribution in [2.45, 2.75) is 18.8 Å². The fraction of sp³-hybridized carbons (Fsp3) is 0.261. The zero-order valence-electron chi connectivity index (χ0n) is 16.9. The van der Waals surface area contributed by atoms with Gasteiger partial charge in [-0.25, -0.2) is 9.37 Å². The van der Waals surface area contributed by atoms with Crippen LogP contribution >= 0.6 is 0 Å². The van der Waals surface area contributed by atoms with Crippen molar-refractivity contribution < 1.29 is 13.9 Å². The third-order valence-electron chi connectivity index (χ3n) is 5.91. The van der Waals surface area contributed by atoms with Gasteiger partial charge < -0.3 is 14.4 Å². The Labute approximate surface area is 177 Å². The summed E-state index contributed by atoms with van der Waals surface area (Å²) in [5.41, 5.74) is 1.44. The molecule has 0 radical (unpaired) electrons. The minimum atomic E-state index is -0.666. The van der Waals surface area contributed by atoms with Gasteiger partial charge in [0.05, 0.1) is 22.8 Å². The van der Waals surface area contributed by atoms with Crippen molar-refractivity contribution in [3.8, 4) is 34.4 Å². The Kier molecular flexibility index (Phi) is 4.68. The summed E-state index contributed by atoms with van der Waals surface area (Å²) in [7, 11) is 2.11. The number of nitriles is 1. The topological polar surface area (TPSA) is 102 Å². The molecular weight excluding hydrogens is 397 g/mol. The predicted molar refractivity (Wildman–Crippen MR) is 113 cm³/mol. The molecule has 1 fully saturated rings. The van der Waals surface area contributed by atoms with Gasteiger partial charge >= 0.3 is 0 Å². The summed E-state index contributed by atoms with van der Waals surface area (Å²) in [5.74, 6) is 0.875. The van der Waals surface area contributed by atoms with Crippen molar-refractivity contribution in [2.75, 3.05) is 20.1 Å². The zero-order valence-corrected chi connectivity index (χ0v) is 16.9. The average Bonchev–Trinajstić information content (AvgIpc) is 3.42. The number of hydrogen-bond acceptors (Lipinski definition) is 6. The molecule has 0 bridgehead atoms. The molecule has 0 unspecified atom stereocenters. The van der Waals surface area contributed by atoms with Crippen LogP contribution in [0.4, 0.5) is 4.39 Å². The summed E-state index contributed by atoms with van der Waals surface area (Å²) in [4.78, 5) is 6.74. The lowest BCUT2D eigenvalue weighted by molar-refractivity contribution is 0.241. The largest absolute Gasteiger partial charge is 0.508 e. The Morgan fingerprint density at radius 3 is 2.81 bits per heavy atom. The van der Waals surface area contributed by atoms with Crippen LogP contribution in [0.3, 0.4) is 0 Å². The van der Waals surface area contributed by atoms with E-state index in [-0.39, 0.29) is 22.6 Å². The van der Waals surface area contributed by atoms with E-state index >= 15 is 0 Å². The highest BCUT2D eigenvalue weighted by Crippen LogP contribution is 2.39. The molecule has 0 amide bonds. The number of piperidine rings is 1. The van der Waals surface area contributed by atoms with Gasteiger partial charge in [-0.15, -0.1) is 0 Å². The van der Waals surface area contributed by atoms with Crippen molar-refractivity contribution in [3.05, 3.63) is 53.7 Å². The number of aromatic nitrogens is 3. The number of halogens is 1. The molecule has 1 aliphatic rings. The smallest absolute Gasteiger partial charge is 0.156 e. The second kappa shape index (κ2) is 7.52. The minimum absolute atomic E-state index is 0.120. The van der Waals surface area contributed by atoms with E-state index in [0.29, 0.717) is 28.3 Å². The van der Waals surface area contributed by atoms with E-state index in [2.05, 4.69) is 33.2 Å². The molecular formula is C23H20FN5O2. The Morgan fingerprint density at radius 2 is 2.06 bits per heavy atom. The maximum Gasteiger partial charge on any atom is 0.156 e. The molecule has 31 heavy (non-hydrogen) atoms. The van der Waals surface area contributed by atoms with E-state index in [1.54, 1.807) is 6.20 Å². The van der Waals surface area contributed by atoms with Gasteiger partial charge in [0.15, 0.2) is 5.65 Å². The number of nitrogens with zero attached hydrogens (tertiary/aromatic N) is 4. The van der Waals surface area contributed by atoms with E-state index in [9.17, 15) is 14.8 Å². The molecule has 156 valence electrons. The number of benzene rings is 1. The molecule has 1 aromatic carbocycles. The summed E-state index contributed by atoms with van der Waals surface area (Å²) in [6.07, 6.45) is 3.61. The number of hydrogen-bond donors (Lipinski definition) is 2. The molecule has 2 N–H and O–H groups in total. The maximum atomic E-state index is 14.6. The molecule has 0 atom stereocenters. The number of aromatic amines is 1. The van der Waals surface area contributed by atoms with Gasteiger partial charge in [-0.3, -0.25) is 5.10 Å². The molecule has 7 nitrogen and oxygen atoms in total. The Balaban J connectivity index is 1.67. The second-order valence-corrected chi connectivity index (χ2v) is 7.90. The highest BCUT2D eigenvalue weighted by atomic mass is 19.1. The molecule has 3 aromatic heterocycles. The van der Waals surface area contributed by atoms with Gasteiger partial charge in [-0.1, -0.05) is 0 Å². The van der Waals surface area contributed by atoms with Crippen LogP contribution in [-0.4, -0.2) is 45.3 Å². The maximum absolute atomic E-state index is 14.6. The van der Waals surface area contributed by atoms with Crippen LogP contribution in [0.1, 0.15) is 30.1 Å². The monoisotopic (exact) mass is 417 g/mol. The van der Waals surface area contributed by atoms with Gasteiger partial charge in [0.1, 0.15) is 29.2 Å². The molecule has 0 saturated carbocycles. The fourth-order valence-electron chi connectivity index (χ4n) is 4.22. The summed E-state index contributed by atoms with van der Waals surface area (Å²) in [6.45, 7) is 2.02. The lowest BCUT2D eigenvalue weighted by atomic mass is 9.95. The predicted octanol–water partition coefficient (Wildman–Crippen LogP) is 4.41. The summed E-state index contributed by atoms with van der Waals surface area (Å²) in [6, 6.07) is 9.76. The average molecular weight is 417 g/mol. The van der Waals surface area contributed by atoms with E-state index in [0.717, 1.165) is 37.8 Å². The first-order chi connectivity index (χ1) is 15.0. The van der Waals surface area contributed by atoms with Crippen LogP contribution in [0.15, 0.2) is 40.9 Å². The van der Waals surface area contributed by atoms with E-state index in [1.165, 1.54) is 12.1 Å². The van der Waals surface area contributed by atoms with Crippen molar-refractivity contribution in [1.82, 2.24) is 20.1 Å². The first kappa shape index (κ1) is 19.3. The van der Waals surface area contributed by atoms with E-state index in [1.807, 2.05) is 12.1 Å². The third kappa shape index (κ3) is 3.33. The van der Waals surface area contributed by atoms with Crippen molar-refractivity contribution in [1.29, 1.82) is 5.26 Å². The number of nitrogens with one attached hydrogen (secondary N) is 1. The number of H-pyrrole nitrogens is 1. The number of pyridine rings is 1. The van der Waals surface area contributed by atoms with Gasteiger partial charge in [0.2, 0.25) is 0 Å². The first-order valence-electron chi connectivity index (χ1n) is 10.1. The normalized spacial score (nSPS) is 15.4. The van der Waals surface area contributed by atoms with Gasteiger partial charge in [0, 0.05) is 23.1 Å². The fourth-order valence-corrected chi connectivity index (χ4v) is 4.22. The van der Waals surface area contributed by atoms with Crippen molar-refractivity contribution in [2.24, 2.45) is 0 Å². The molecule has 0 aliphatic carbocycles. The van der Waals surface area contributed by atoms with Crippen LogP contribution in [-0.2, 0) is 0 Å². The lowest BCUT2D eigenvalue weighted by Crippen LogP contribution is -2.29. The van der Waals surface area contributed by atoms with Crippen LogP contribution < -0.4 is 0 Å². The highest BCUT2D eigenvalue weighted by Gasteiger charge is 2.25. The number of fused-ring (bicyclic) bond motifs is 1. The summed E-state index contributed by atoms with van der Waals surface area (Å²) < 4.78 is 20.9. The number of furan rings is 1. The standard InChI is InChI=1S/C23H20FN5O2/c1-29-8-6-13(7-9-29)19-4-5-20(31-19)21-16(11-25)22(27-23-17(21)12-26-28-23)15-3-2-14(30)10-18(15)24/h2-5,10,12-13,30H,6-9H2,1H3,(H,26,27,28). The van der Waals surface area contributed by atoms with Crippen LogP contribution in [0, 0.1) is 17.1 Å². The molecule has 0 spiro atoms. The number of phenolic OH excluding ortho intramolecular Hbond substituents is 1. The summed E-state index contributed by atoms with van der Waals surface area (Å²) in [5, 5.41) is 27.1. The Bertz CT molecular complexity index is 1310. The Morgan fingerprint density at radius 1 is 1.26 bits per heavy atom. The van der Waals surface area contributed by atoms with Crippen molar-refractivity contribution in [3.63, 3.8) is 0 Å². The third-order valence-corrected chi connectivity index (χ3v) is 5.91. The molecule has 8 heteroatoms. The second-order valence-electron chi connectivity index (χ2n) is 7.90. The highest BCUT2D eigenvalue weighted by molar-refractivity contribution is 5.97. The molecule has 1 aliphatic heterocycles. The van der Waals surface area contributed by atoms with Gasteiger partial charge in [-0.05, 0) is 57.2 Å². The van der Waals surface area contributed by atoms with Crippen LogP contribution in [0.2, 0.25) is 0 Å². The number of rotatable bonds is 3.